The van der Waals surface area contributed by atoms with E-state index in [1.165, 1.54) is 0 Å². The molecule has 0 bridgehead atoms. The van der Waals surface area contributed by atoms with E-state index in [9.17, 15) is 0 Å². The number of halogens is 2. The van der Waals surface area contributed by atoms with Crippen LogP contribution in [0.15, 0.2) is 0 Å². The molecule has 0 aliphatic heterocycles. The Hall–Kier alpha value is 0.500. The van der Waals surface area contributed by atoms with Crippen molar-refractivity contribution in [3.63, 3.8) is 0 Å². The van der Waals surface area contributed by atoms with Crippen molar-refractivity contribution in [1.29, 1.82) is 0 Å². The minimum atomic E-state index is 0.0849. The molecule has 0 heterocycles. The first-order valence-corrected chi connectivity index (χ1v) is 3.24. The fourth-order valence-corrected chi connectivity index (χ4v) is 0. The number of rotatable bonds is 2. The van der Waals surface area contributed by atoms with Crippen LogP contribution in [-0.4, -0.2) is 35.2 Å². The Balaban J connectivity index is 0. The van der Waals surface area contributed by atoms with E-state index in [0.29, 0.717) is 11.8 Å². The van der Waals surface area contributed by atoms with Crippen molar-refractivity contribution in [2.75, 3.05) is 25.0 Å². The van der Waals surface area contributed by atoms with Gasteiger partial charge in [-0.3, -0.25) is 0 Å². The van der Waals surface area contributed by atoms with Crippen LogP contribution < -0.4 is 0 Å². The zero-order valence-electron chi connectivity index (χ0n) is 4.48. The first-order chi connectivity index (χ1) is 3.83. The molecule has 0 rings (SSSR count). The molecule has 2 nitrogen and oxygen atoms in total. The molecule has 4 heteroatoms. The van der Waals surface area contributed by atoms with Crippen LogP contribution in [0, 0.1) is 0 Å². The zero-order chi connectivity index (χ0) is 6.83. The third-order valence-corrected chi connectivity index (χ3v) is 0.507. The van der Waals surface area contributed by atoms with Gasteiger partial charge < -0.3 is 10.2 Å². The van der Waals surface area contributed by atoms with E-state index in [1.54, 1.807) is 0 Å². The van der Waals surface area contributed by atoms with Gasteiger partial charge in [-0.2, -0.15) is 0 Å². The van der Waals surface area contributed by atoms with Gasteiger partial charge in [-0.15, -0.1) is 23.2 Å². The lowest BCUT2D eigenvalue weighted by Gasteiger charge is -1.67. The molecule has 0 spiro atoms. The fraction of sp³-hybridized carbons (Fsp3) is 1.00. The molecular weight excluding hydrogens is 151 g/mol. The van der Waals surface area contributed by atoms with Gasteiger partial charge in [-0.05, 0) is 0 Å². The molecule has 0 aromatic carbocycles. The van der Waals surface area contributed by atoms with Crippen LogP contribution in [0.25, 0.3) is 0 Å². The highest BCUT2D eigenvalue weighted by molar-refractivity contribution is 6.18. The minimum Gasteiger partial charge on any atom is -0.395 e. The SMILES string of the molecule is OCCCl.OCCCl. The highest BCUT2D eigenvalue weighted by atomic mass is 35.5. The molecule has 8 heavy (non-hydrogen) atoms. The first-order valence-electron chi connectivity index (χ1n) is 2.17. The molecular formula is C4H10Cl2O2. The largest absolute Gasteiger partial charge is 0.395 e. The van der Waals surface area contributed by atoms with E-state index < -0.39 is 0 Å². The highest BCUT2D eigenvalue weighted by Gasteiger charge is 1.60. The zero-order valence-corrected chi connectivity index (χ0v) is 5.99. The maximum atomic E-state index is 7.74. The van der Waals surface area contributed by atoms with Crippen molar-refractivity contribution in [3.8, 4) is 0 Å². The summed E-state index contributed by atoms with van der Waals surface area (Å²) >= 11 is 9.87. The summed E-state index contributed by atoms with van der Waals surface area (Å²) in [6, 6.07) is 0. The summed E-state index contributed by atoms with van der Waals surface area (Å²) in [5.74, 6) is 0.694. The molecule has 0 saturated heterocycles. The Morgan fingerprint density at radius 1 is 0.875 bits per heavy atom. The van der Waals surface area contributed by atoms with E-state index in [2.05, 4.69) is 0 Å². The number of alkyl halides is 2. The van der Waals surface area contributed by atoms with E-state index in [1.807, 2.05) is 0 Å². The van der Waals surface area contributed by atoms with Gasteiger partial charge in [-0.25, -0.2) is 0 Å². The Bertz CT molecular complexity index is 20.0. The van der Waals surface area contributed by atoms with E-state index in [4.69, 9.17) is 33.4 Å². The van der Waals surface area contributed by atoms with Gasteiger partial charge >= 0.3 is 0 Å². The monoisotopic (exact) mass is 160 g/mol. The van der Waals surface area contributed by atoms with E-state index in [0.717, 1.165) is 0 Å². The maximum absolute atomic E-state index is 7.74. The van der Waals surface area contributed by atoms with Crippen molar-refractivity contribution in [3.05, 3.63) is 0 Å². The minimum absolute atomic E-state index is 0.0849. The molecule has 0 atom stereocenters. The predicted octanol–water partition coefficient (Wildman–Crippen LogP) is 0.435. The second-order valence-electron chi connectivity index (χ2n) is 0.825. The van der Waals surface area contributed by atoms with Gasteiger partial charge in [0.2, 0.25) is 0 Å². The molecule has 0 aliphatic carbocycles. The first kappa shape index (κ1) is 11.3. The normalized spacial score (nSPS) is 7.50. The molecule has 0 aromatic heterocycles. The molecule has 0 radical (unpaired) electrons. The third kappa shape index (κ3) is 31.5. The van der Waals surface area contributed by atoms with Crippen molar-refractivity contribution in [1.82, 2.24) is 0 Å². The second-order valence-corrected chi connectivity index (χ2v) is 1.58. The molecule has 0 aromatic rings. The summed E-state index contributed by atoms with van der Waals surface area (Å²) in [4.78, 5) is 0. The summed E-state index contributed by atoms with van der Waals surface area (Å²) in [5, 5.41) is 15.5. The Kier molecular flexibility index (Phi) is 22.1. The Morgan fingerprint density at radius 3 is 1.00 bits per heavy atom. The van der Waals surface area contributed by atoms with E-state index >= 15 is 0 Å². The number of hydrogen-bond acceptors (Lipinski definition) is 2. The fourth-order valence-electron chi connectivity index (χ4n) is 0. The van der Waals surface area contributed by atoms with Gasteiger partial charge in [-0.1, -0.05) is 0 Å². The van der Waals surface area contributed by atoms with Crippen LogP contribution in [0.2, 0.25) is 0 Å². The molecule has 0 fully saturated rings. The second kappa shape index (κ2) is 15.6. The molecule has 52 valence electrons. The Labute approximate surface area is 59.0 Å². The van der Waals surface area contributed by atoms with Crippen LogP contribution in [0.3, 0.4) is 0 Å². The number of hydrogen-bond donors (Lipinski definition) is 2. The Morgan fingerprint density at radius 2 is 1.00 bits per heavy atom. The third-order valence-electron chi connectivity index (χ3n) is 0.169. The van der Waals surface area contributed by atoms with Gasteiger partial charge in [0.1, 0.15) is 0 Å². The lowest BCUT2D eigenvalue weighted by Crippen LogP contribution is -1.76. The quantitative estimate of drug-likeness (QED) is 0.576. The number of aliphatic hydroxyl groups is 2. The van der Waals surface area contributed by atoms with Gasteiger partial charge in [0, 0.05) is 11.8 Å². The average Bonchev–Trinajstić information content (AvgIpc) is 1.88. The van der Waals surface area contributed by atoms with Crippen LogP contribution in [0.1, 0.15) is 0 Å². The van der Waals surface area contributed by atoms with Crippen LogP contribution in [0.5, 0.6) is 0 Å². The van der Waals surface area contributed by atoms with Crippen LogP contribution in [0.4, 0.5) is 0 Å². The molecule has 2 N–H and O–H groups in total. The summed E-state index contributed by atoms with van der Waals surface area (Å²) in [5.41, 5.74) is 0. The van der Waals surface area contributed by atoms with Crippen molar-refractivity contribution >= 4 is 23.2 Å². The van der Waals surface area contributed by atoms with Crippen molar-refractivity contribution in [2.24, 2.45) is 0 Å². The molecule has 0 saturated carbocycles. The maximum Gasteiger partial charge on any atom is 0.0566 e. The lowest BCUT2D eigenvalue weighted by molar-refractivity contribution is 0.321. The van der Waals surface area contributed by atoms with Gasteiger partial charge in [0.05, 0.1) is 13.2 Å². The lowest BCUT2D eigenvalue weighted by atomic mass is 10.9. The summed E-state index contributed by atoms with van der Waals surface area (Å²) < 4.78 is 0. The van der Waals surface area contributed by atoms with Crippen molar-refractivity contribution < 1.29 is 10.2 Å². The number of aliphatic hydroxyl groups excluding tert-OH is 2. The topological polar surface area (TPSA) is 40.5 Å². The smallest absolute Gasteiger partial charge is 0.0566 e. The summed E-state index contributed by atoms with van der Waals surface area (Å²) in [6.07, 6.45) is 0. The van der Waals surface area contributed by atoms with Crippen LogP contribution >= 0.6 is 23.2 Å². The predicted molar refractivity (Wildman–Crippen MR) is 35.6 cm³/mol. The molecule has 0 unspecified atom stereocenters. The molecule has 0 amide bonds. The van der Waals surface area contributed by atoms with E-state index in [-0.39, 0.29) is 13.2 Å². The highest BCUT2D eigenvalue weighted by Crippen LogP contribution is 1.63. The average molecular weight is 161 g/mol. The van der Waals surface area contributed by atoms with Crippen molar-refractivity contribution in [2.45, 2.75) is 0 Å². The standard InChI is InChI=1S/2C2H5ClO/c2*3-1-2-4/h2*4H,1-2H2. The van der Waals surface area contributed by atoms with Gasteiger partial charge in [0.15, 0.2) is 0 Å². The summed E-state index contributed by atoms with van der Waals surface area (Å²) in [6.45, 7) is 0.170. The van der Waals surface area contributed by atoms with Crippen LogP contribution in [-0.2, 0) is 0 Å². The molecule has 0 aliphatic rings. The van der Waals surface area contributed by atoms with Gasteiger partial charge in [0.25, 0.3) is 0 Å². The summed E-state index contributed by atoms with van der Waals surface area (Å²) in [7, 11) is 0.